The lowest BCUT2D eigenvalue weighted by atomic mass is 10.1. The van der Waals surface area contributed by atoms with Gasteiger partial charge in [-0.05, 0) is 12.8 Å². The second-order valence-electron chi connectivity index (χ2n) is 5.85. The molecule has 1 unspecified atom stereocenters. The molecule has 1 amide bonds. The number of hydrogen-bond donors (Lipinski definition) is 2. The van der Waals surface area contributed by atoms with Crippen LogP contribution in [0, 0.1) is 0 Å². The fourth-order valence-electron chi connectivity index (χ4n) is 2.81. The number of ether oxygens (including phenoxy) is 2. The molecule has 7 nitrogen and oxygen atoms in total. The Balaban J connectivity index is 1.81. The molecule has 2 fully saturated rings. The van der Waals surface area contributed by atoms with Crippen molar-refractivity contribution in [1.29, 1.82) is 0 Å². The van der Waals surface area contributed by atoms with Gasteiger partial charge in [0, 0.05) is 19.5 Å². The van der Waals surface area contributed by atoms with Gasteiger partial charge in [0.15, 0.2) is 0 Å². The topological polar surface area (TPSA) is 93.9 Å². The summed E-state index contributed by atoms with van der Waals surface area (Å²) in [5, 5.41) is 3.31. The van der Waals surface area contributed by atoms with Gasteiger partial charge < -0.3 is 25.4 Å². The molecular formula is C16H25N3O4. The number of nitrogens with two attached hydrogens (primary N) is 1. The van der Waals surface area contributed by atoms with Crippen molar-refractivity contribution in [1.82, 2.24) is 10.2 Å². The fraction of sp³-hybridized carbons (Fsp3) is 0.625. The van der Waals surface area contributed by atoms with E-state index in [1.807, 2.05) is 0 Å². The quantitative estimate of drug-likeness (QED) is 0.503. The van der Waals surface area contributed by atoms with Gasteiger partial charge in [-0.15, -0.1) is 0 Å². The highest BCUT2D eigenvalue weighted by atomic mass is 16.5. The number of esters is 1. The molecule has 23 heavy (non-hydrogen) atoms. The average molecular weight is 323 g/mol. The van der Waals surface area contributed by atoms with Crippen LogP contribution in [-0.2, 0) is 19.1 Å². The Hall–Kier alpha value is -1.70. The Morgan fingerprint density at radius 3 is 3.00 bits per heavy atom. The van der Waals surface area contributed by atoms with Crippen molar-refractivity contribution in [3.63, 3.8) is 0 Å². The first-order valence-corrected chi connectivity index (χ1v) is 7.87. The molecule has 7 heteroatoms. The van der Waals surface area contributed by atoms with E-state index in [0.29, 0.717) is 13.2 Å². The van der Waals surface area contributed by atoms with Gasteiger partial charge in [-0.3, -0.25) is 9.59 Å². The van der Waals surface area contributed by atoms with E-state index >= 15 is 0 Å². The monoisotopic (exact) mass is 323 g/mol. The van der Waals surface area contributed by atoms with Crippen LogP contribution in [0.4, 0.5) is 0 Å². The summed E-state index contributed by atoms with van der Waals surface area (Å²) in [6.07, 6.45) is 2.46. The zero-order valence-corrected chi connectivity index (χ0v) is 13.3. The summed E-state index contributed by atoms with van der Waals surface area (Å²) in [6.45, 7) is 9.38. The van der Waals surface area contributed by atoms with Crippen LogP contribution in [0.15, 0.2) is 24.8 Å². The smallest absolute Gasteiger partial charge is 0.323 e. The van der Waals surface area contributed by atoms with Crippen LogP contribution in [0.25, 0.3) is 0 Å². The minimum atomic E-state index is -0.801. The molecule has 3 N–H and O–H groups in total. The van der Waals surface area contributed by atoms with Gasteiger partial charge >= 0.3 is 5.97 Å². The van der Waals surface area contributed by atoms with E-state index in [1.54, 1.807) is 4.90 Å². The minimum absolute atomic E-state index is 0.0567. The maximum atomic E-state index is 12.4. The van der Waals surface area contributed by atoms with E-state index < -0.39 is 12.0 Å². The lowest BCUT2D eigenvalue weighted by Gasteiger charge is -2.28. The molecule has 0 aromatic carbocycles. The minimum Gasteiger partial charge on any atom is -0.460 e. The van der Waals surface area contributed by atoms with E-state index in [-0.39, 0.29) is 37.6 Å². The lowest BCUT2D eigenvalue weighted by Crippen LogP contribution is -2.47. The SMILES string of the molecule is C=CCOC(=O)[C@@H](N)CCC(=O)N1CCOC1[C@@H]1CC(=C)CN1. The van der Waals surface area contributed by atoms with Crippen molar-refractivity contribution < 1.29 is 19.1 Å². The number of carbonyl (C=O) groups excluding carboxylic acids is 2. The lowest BCUT2D eigenvalue weighted by molar-refractivity contribution is -0.144. The third kappa shape index (κ3) is 4.63. The summed E-state index contributed by atoms with van der Waals surface area (Å²) >= 11 is 0. The number of hydrogen-bond acceptors (Lipinski definition) is 6. The molecule has 0 aromatic rings. The molecule has 0 spiro atoms. The molecule has 2 aliphatic rings. The number of amides is 1. The normalized spacial score (nSPS) is 25.4. The third-order valence-electron chi connectivity index (χ3n) is 4.03. The van der Waals surface area contributed by atoms with Crippen LogP contribution < -0.4 is 11.1 Å². The molecule has 0 bridgehead atoms. The van der Waals surface area contributed by atoms with Crippen molar-refractivity contribution >= 4 is 11.9 Å². The van der Waals surface area contributed by atoms with Gasteiger partial charge in [0.1, 0.15) is 18.9 Å². The zero-order chi connectivity index (χ0) is 16.8. The van der Waals surface area contributed by atoms with Crippen LogP contribution >= 0.6 is 0 Å². The molecule has 0 aliphatic carbocycles. The zero-order valence-electron chi connectivity index (χ0n) is 13.3. The predicted octanol–water partition coefficient (Wildman–Crippen LogP) is -0.0739. The van der Waals surface area contributed by atoms with E-state index in [9.17, 15) is 9.59 Å². The van der Waals surface area contributed by atoms with Crippen molar-refractivity contribution in [2.24, 2.45) is 5.73 Å². The van der Waals surface area contributed by atoms with Gasteiger partial charge in [-0.1, -0.05) is 24.8 Å². The van der Waals surface area contributed by atoms with E-state index in [4.69, 9.17) is 15.2 Å². The Bertz CT molecular complexity index is 480. The number of nitrogens with zero attached hydrogens (tertiary/aromatic N) is 1. The summed E-state index contributed by atoms with van der Waals surface area (Å²) in [4.78, 5) is 25.7. The van der Waals surface area contributed by atoms with Crippen LogP contribution in [0.3, 0.4) is 0 Å². The van der Waals surface area contributed by atoms with E-state index in [1.165, 1.54) is 6.08 Å². The Morgan fingerprint density at radius 2 is 2.35 bits per heavy atom. The molecule has 128 valence electrons. The average Bonchev–Trinajstić information content (AvgIpc) is 3.18. The highest BCUT2D eigenvalue weighted by Gasteiger charge is 2.37. The predicted molar refractivity (Wildman–Crippen MR) is 85.4 cm³/mol. The van der Waals surface area contributed by atoms with Gasteiger partial charge in [-0.2, -0.15) is 0 Å². The molecule has 0 saturated carbocycles. The molecule has 2 saturated heterocycles. The molecule has 2 aliphatic heterocycles. The van der Waals surface area contributed by atoms with Crippen LogP contribution in [0.5, 0.6) is 0 Å². The van der Waals surface area contributed by atoms with Gasteiger partial charge in [0.2, 0.25) is 5.91 Å². The highest BCUT2D eigenvalue weighted by Crippen LogP contribution is 2.23. The Kier molecular flexibility index (Phi) is 6.32. The van der Waals surface area contributed by atoms with E-state index in [0.717, 1.165) is 18.5 Å². The summed E-state index contributed by atoms with van der Waals surface area (Å²) in [5.41, 5.74) is 6.86. The molecule has 2 heterocycles. The summed E-state index contributed by atoms with van der Waals surface area (Å²) in [6, 6.07) is -0.717. The number of nitrogens with one attached hydrogen (secondary N) is 1. The van der Waals surface area contributed by atoms with Crippen molar-refractivity contribution in [3.05, 3.63) is 24.8 Å². The largest absolute Gasteiger partial charge is 0.460 e. The fourth-order valence-corrected chi connectivity index (χ4v) is 2.81. The van der Waals surface area contributed by atoms with Crippen LogP contribution in [-0.4, -0.2) is 61.4 Å². The standard InChI is InChI=1S/C16H25N3O4/c1-3-7-23-16(21)12(17)4-5-14(20)19-6-8-22-15(19)13-9-11(2)10-18-13/h3,12-13,15,18H,1-2,4-10,17H2/t12-,13-,15?/m0/s1. The molecule has 0 aromatic heterocycles. The molecule has 0 radical (unpaired) electrons. The molecule has 3 atom stereocenters. The Labute approximate surface area is 136 Å². The van der Waals surface area contributed by atoms with Crippen molar-refractivity contribution in [3.8, 4) is 0 Å². The van der Waals surface area contributed by atoms with E-state index in [2.05, 4.69) is 18.5 Å². The second-order valence-corrected chi connectivity index (χ2v) is 5.85. The van der Waals surface area contributed by atoms with Crippen LogP contribution in [0.2, 0.25) is 0 Å². The maximum absolute atomic E-state index is 12.4. The summed E-state index contributed by atoms with van der Waals surface area (Å²) in [7, 11) is 0. The first-order chi connectivity index (χ1) is 11.0. The first-order valence-electron chi connectivity index (χ1n) is 7.87. The summed E-state index contributed by atoms with van der Waals surface area (Å²) < 4.78 is 10.6. The number of rotatable bonds is 7. The third-order valence-corrected chi connectivity index (χ3v) is 4.03. The Morgan fingerprint density at radius 1 is 1.57 bits per heavy atom. The van der Waals surface area contributed by atoms with Gasteiger partial charge in [0.25, 0.3) is 0 Å². The number of carbonyl (C=O) groups is 2. The van der Waals surface area contributed by atoms with Crippen LogP contribution in [0.1, 0.15) is 19.3 Å². The second kappa shape index (κ2) is 8.24. The van der Waals surface area contributed by atoms with Gasteiger partial charge in [0.05, 0.1) is 12.6 Å². The first kappa shape index (κ1) is 17.7. The van der Waals surface area contributed by atoms with Crippen molar-refractivity contribution in [2.45, 2.75) is 37.6 Å². The van der Waals surface area contributed by atoms with Crippen molar-refractivity contribution in [2.75, 3.05) is 26.3 Å². The highest BCUT2D eigenvalue weighted by molar-refractivity contribution is 5.79. The molecular weight excluding hydrogens is 298 g/mol. The molecule has 2 rings (SSSR count). The maximum Gasteiger partial charge on any atom is 0.323 e. The summed E-state index contributed by atoms with van der Waals surface area (Å²) in [5.74, 6) is -0.570. The van der Waals surface area contributed by atoms with Gasteiger partial charge in [-0.25, -0.2) is 0 Å².